The van der Waals surface area contributed by atoms with E-state index in [4.69, 9.17) is 21.1 Å². The van der Waals surface area contributed by atoms with E-state index in [1.54, 1.807) is 61.5 Å². The number of esters is 1. The molecule has 9 heteroatoms. The summed E-state index contributed by atoms with van der Waals surface area (Å²) < 4.78 is 10.8. The lowest BCUT2D eigenvalue weighted by molar-refractivity contribution is -0.136. The number of hydrazone groups is 1. The molecule has 0 saturated carbocycles. The van der Waals surface area contributed by atoms with E-state index in [2.05, 4.69) is 15.8 Å². The van der Waals surface area contributed by atoms with Crippen LogP contribution >= 0.6 is 11.6 Å². The van der Waals surface area contributed by atoms with Crippen molar-refractivity contribution in [3.63, 3.8) is 0 Å². The second kappa shape index (κ2) is 11.3. The Hall–Kier alpha value is -4.17. The third-order valence-electron chi connectivity index (χ3n) is 4.87. The van der Waals surface area contributed by atoms with Gasteiger partial charge in [-0.15, -0.1) is 0 Å². The predicted molar refractivity (Wildman–Crippen MR) is 134 cm³/mol. The molecule has 35 heavy (non-hydrogen) atoms. The number of anilines is 1. The van der Waals surface area contributed by atoms with E-state index in [9.17, 15) is 14.4 Å². The Bertz CT molecular complexity index is 1280. The summed E-state index contributed by atoms with van der Waals surface area (Å²) in [6.45, 7) is 5.44. The lowest BCUT2D eigenvalue weighted by Gasteiger charge is -2.11. The van der Waals surface area contributed by atoms with Gasteiger partial charge in [0.1, 0.15) is 0 Å². The highest BCUT2D eigenvalue weighted by Gasteiger charge is 2.16. The van der Waals surface area contributed by atoms with Gasteiger partial charge in [0.05, 0.1) is 18.4 Å². The molecule has 0 atom stereocenters. The molecule has 3 aromatic carbocycles. The number of benzene rings is 3. The number of rotatable bonds is 6. The van der Waals surface area contributed by atoms with Crippen molar-refractivity contribution < 1.29 is 23.9 Å². The molecule has 0 spiro atoms. The third kappa shape index (κ3) is 6.91. The zero-order valence-corrected chi connectivity index (χ0v) is 20.4. The van der Waals surface area contributed by atoms with Gasteiger partial charge in [0, 0.05) is 16.3 Å². The lowest BCUT2D eigenvalue weighted by atomic mass is 10.1. The number of carbonyl (C=O) groups excluding carboxylic acids is 3. The molecule has 3 aromatic rings. The zero-order valence-electron chi connectivity index (χ0n) is 19.6. The predicted octanol–water partition coefficient (Wildman–Crippen LogP) is 4.66. The molecular formula is C26H24ClN3O5. The van der Waals surface area contributed by atoms with E-state index in [1.807, 2.05) is 19.9 Å². The minimum absolute atomic E-state index is 0.209. The molecule has 0 radical (unpaired) electrons. The van der Waals surface area contributed by atoms with Crippen LogP contribution in [0.1, 0.15) is 34.0 Å². The Labute approximate surface area is 207 Å². The first-order chi connectivity index (χ1) is 16.7. The highest BCUT2D eigenvalue weighted by atomic mass is 35.5. The van der Waals surface area contributed by atoms with Crippen molar-refractivity contribution in [3.8, 4) is 11.5 Å². The van der Waals surface area contributed by atoms with Gasteiger partial charge in [-0.3, -0.25) is 9.59 Å². The van der Waals surface area contributed by atoms with E-state index < -0.39 is 17.8 Å². The van der Waals surface area contributed by atoms with Gasteiger partial charge in [-0.05, 0) is 86.5 Å². The summed E-state index contributed by atoms with van der Waals surface area (Å²) in [7, 11) is 1.43. The van der Waals surface area contributed by atoms with Crippen molar-refractivity contribution in [3.05, 3.63) is 87.9 Å². The van der Waals surface area contributed by atoms with E-state index in [0.717, 1.165) is 11.1 Å². The van der Waals surface area contributed by atoms with Crippen LogP contribution in [0.2, 0.25) is 5.02 Å². The molecule has 0 heterocycles. The van der Waals surface area contributed by atoms with Gasteiger partial charge < -0.3 is 14.8 Å². The maximum atomic E-state index is 12.4. The van der Waals surface area contributed by atoms with E-state index in [-0.39, 0.29) is 5.75 Å². The molecule has 180 valence electrons. The van der Waals surface area contributed by atoms with E-state index in [1.165, 1.54) is 7.11 Å². The first kappa shape index (κ1) is 25.5. The Morgan fingerprint density at radius 3 is 2.09 bits per heavy atom. The quantitative estimate of drug-likeness (QED) is 0.171. The van der Waals surface area contributed by atoms with Crippen molar-refractivity contribution >= 4 is 40.8 Å². The average Bonchev–Trinajstić information content (AvgIpc) is 2.82. The maximum Gasteiger partial charge on any atom is 0.343 e. The summed E-state index contributed by atoms with van der Waals surface area (Å²) in [6.07, 6.45) is 0. The molecule has 0 aliphatic rings. The number of aryl methyl sites for hydroxylation is 2. The molecule has 0 saturated heterocycles. The summed E-state index contributed by atoms with van der Waals surface area (Å²) in [4.78, 5) is 36.8. The van der Waals surface area contributed by atoms with Gasteiger partial charge >= 0.3 is 17.8 Å². The van der Waals surface area contributed by atoms with Crippen LogP contribution in [-0.2, 0) is 9.59 Å². The van der Waals surface area contributed by atoms with Gasteiger partial charge in [0.2, 0.25) is 0 Å². The fourth-order valence-corrected chi connectivity index (χ4v) is 3.33. The average molecular weight is 494 g/mol. The Balaban J connectivity index is 1.66. The van der Waals surface area contributed by atoms with Crippen molar-refractivity contribution in [1.82, 2.24) is 5.43 Å². The van der Waals surface area contributed by atoms with Crippen LogP contribution < -0.4 is 20.2 Å². The number of nitrogens with zero attached hydrogens (tertiary/aromatic N) is 1. The van der Waals surface area contributed by atoms with Crippen molar-refractivity contribution in [1.29, 1.82) is 0 Å². The maximum absolute atomic E-state index is 12.4. The van der Waals surface area contributed by atoms with Crippen LogP contribution in [0.4, 0.5) is 5.69 Å². The second-order valence-corrected chi connectivity index (χ2v) is 8.17. The molecule has 0 aliphatic carbocycles. The SMILES string of the molecule is COc1cc(/C(C)=N/NC(=O)C(=O)Nc2cc(C)cc(C)c2)ccc1OC(=O)c1ccc(Cl)cc1. The minimum Gasteiger partial charge on any atom is -0.493 e. The summed E-state index contributed by atoms with van der Waals surface area (Å²) in [5, 5.41) is 7.05. The molecule has 2 N–H and O–H groups in total. The summed E-state index contributed by atoms with van der Waals surface area (Å²) >= 11 is 5.85. The van der Waals surface area contributed by atoms with Gasteiger partial charge in [-0.2, -0.15) is 5.10 Å². The fraction of sp³-hybridized carbons (Fsp3) is 0.154. The first-order valence-corrected chi connectivity index (χ1v) is 10.9. The summed E-state index contributed by atoms with van der Waals surface area (Å²) in [5.74, 6) is -1.82. The van der Waals surface area contributed by atoms with Crippen molar-refractivity contribution in [2.75, 3.05) is 12.4 Å². The number of halogens is 1. The zero-order chi connectivity index (χ0) is 25.5. The van der Waals surface area contributed by atoms with Crippen LogP contribution in [0, 0.1) is 13.8 Å². The molecule has 0 aliphatic heterocycles. The highest BCUT2D eigenvalue weighted by Crippen LogP contribution is 2.29. The van der Waals surface area contributed by atoms with Gasteiger partial charge in [-0.1, -0.05) is 17.7 Å². The van der Waals surface area contributed by atoms with Crippen LogP contribution in [-0.4, -0.2) is 30.6 Å². The van der Waals surface area contributed by atoms with Crippen LogP contribution in [0.15, 0.2) is 65.8 Å². The van der Waals surface area contributed by atoms with Crippen LogP contribution in [0.25, 0.3) is 0 Å². The van der Waals surface area contributed by atoms with Gasteiger partial charge in [-0.25, -0.2) is 10.2 Å². The standard InChI is InChI=1S/C26H24ClN3O5/c1-15-11-16(2)13-21(12-15)28-24(31)25(32)30-29-17(3)19-7-10-22(23(14-19)34-4)35-26(33)18-5-8-20(27)9-6-18/h5-14H,1-4H3,(H,28,31)(H,30,32)/b29-17+. The molecule has 0 unspecified atom stereocenters. The smallest absolute Gasteiger partial charge is 0.343 e. The Kier molecular flexibility index (Phi) is 8.22. The number of carbonyl (C=O) groups is 3. The molecule has 3 rings (SSSR count). The number of methoxy groups -OCH3 is 1. The molecule has 0 bridgehead atoms. The lowest BCUT2D eigenvalue weighted by Crippen LogP contribution is -2.33. The largest absolute Gasteiger partial charge is 0.493 e. The number of amides is 2. The molecular weight excluding hydrogens is 470 g/mol. The molecule has 2 amide bonds. The fourth-order valence-electron chi connectivity index (χ4n) is 3.21. The van der Waals surface area contributed by atoms with Crippen molar-refractivity contribution in [2.24, 2.45) is 5.10 Å². The van der Waals surface area contributed by atoms with Crippen molar-refractivity contribution in [2.45, 2.75) is 20.8 Å². The number of hydrogen-bond donors (Lipinski definition) is 2. The number of ether oxygens (including phenoxy) is 2. The monoisotopic (exact) mass is 493 g/mol. The highest BCUT2D eigenvalue weighted by molar-refractivity contribution is 6.39. The third-order valence-corrected chi connectivity index (χ3v) is 5.13. The topological polar surface area (TPSA) is 106 Å². The molecule has 0 aromatic heterocycles. The summed E-state index contributed by atoms with van der Waals surface area (Å²) in [6, 6.07) is 16.6. The minimum atomic E-state index is -0.913. The normalized spacial score (nSPS) is 10.9. The van der Waals surface area contributed by atoms with Gasteiger partial charge in [0.15, 0.2) is 11.5 Å². The Morgan fingerprint density at radius 2 is 1.46 bits per heavy atom. The van der Waals surface area contributed by atoms with E-state index >= 15 is 0 Å². The van der Waals surface area contributed by atoms with E-state index in [0.29, 0.717) is 33.3 Å². The first-order valence-electron chi connectivity index (χ1n) is 10.6. The number of nitrogens with one attached hydrogen (secondary N) is 2. The number of hydrogen-bond acceptors (Lipinski definition) is 6. The Morgan fingerprint density at radius 1 is 0.829 bits per heavy atom. The molecule has 0 fully saturated rings. The summed E-state index contributed by atoms with van der Waals surface area (Å²) in [5.41, 5.74) is 6.02. The van der Waals surface area contributed by atoms with Crippen LogP contribution in [0.3, 0.4) is 0 Å². The molecule has 8 nitrogen and oxygen atoms in total. The second-order valence-electron chi connectivity index (χ2n) is 7.73. The van der Waals surface area contributed by atoms with Crippen LogP contribution in [0.5, 0.6) is 11.5 Å². The van der Waals surface area contributed by atoms with Gasteiger partial charge in [0.25, 0.3) is 0 Å².